The number of H-pyrrole nitrogens is 1. The summed E-state index contributed by atoms with van der Waals surface area (Å²) < 4.78 is 0. The van der Waals surface area contributed by atoms with Gasteiger partial charge in [-0.05, 0) is 24.6 Å². The van der Waals surface area contributed by atoms with E-state index in [0.717, 1.165) is 28.3 Å². The molecule has 4 nitrogen and oxygen atoms in total. The van der Waals surface area contributed by atoms with Gasteiger partial charge in [0, 0.05) is 17.5 Å². The molecule has 1 heterocycles. The van der Waals surface area contributed by atoms with Crippen molar-refractivity contribution in [3.05, 3.63) is 18.2 Å². The smallest absolute Gasteiger partial charge is 0.166 e. The van der Waals surface area contributed by atoms with Crippen molar-refractivity contribution in [3.8, 4) is 0 Å². The van der Waals surface area contributed by atoms with Gasteiger partial charge in [0.15, 0.2) is 5.16 Å². The summed E-state index contributed by atoms with van der Waals surface area (Å²) >= 11 is 1.63. The molecule has 0 amide bonds. The van der Waals surface area contributed by atoms with Crippen LogP contribution in [0.1, 0.15) is 13.3 Å². The number of aliphatic hydroxyl groups is 1. The molecular formula is C11H15N3OS. The number of benzene rings is 1. The number of hydrogen-bond donors (Lipinski definition) is 3. The monoisotopic (exact) mass is 237 g/mol. The molecule has 0 spiro atoms. The fourth-order valence-electron chi connectivity index (χ4n) is 1.49. The summed E-state index contributed by atoms with van der Waals surface area (Å²) in [5.74, 6) is 0. The zero-order valence-corrected chi connectivity index (χ0v) is 9.92. The van der Waals surface area contributed by atoms with Crippen molar-refractivity contribution in [3.63, 3.8) is 0 Å². The van der Waals surface area contributed by atoms with Gasteiger partial charge >= 0.3 is 0 Å². The minimum absolute atomic E-state index is 0.210. The van der Waals surface area contributed by atoms with Gasteiger partial charge in [-0.1, -0.05) is 18.7 Å². The molecule has 0 aliphatic carbocycles. The Hall–Kier alpha value is -1.20. The molecule has 0 saturated heterocycles. The normalized spacial score (nSPS) is 13.1. The molecule has 0 saturated carbocycles. The fourth-order valence-corrected chi connectivity index (χ4v) is 2.42. The average Bonchev–Trinajstić information content (AvgIpc) is 2.59. The van der Waals surface area contributed by atoms with Gasteiger partial charge < -0.3 is 15.8 Å². The zero-order chi connectivity index (χ0) is 11.5. The Kier molecular flexibility index (Phi) is 3.36. The molecule has 2 rings (SSSR count). The molecule has 86 valence electrons. The van der Waals surface area contributed by atoms with Crippen molar-refractivity contribution in [2.24, 2.45) is 0 Å². The SMILES string of the molecule is CC(CCO)Sc1nc2ccc(N)cc2[nH]1. The first-order valence-electron chi connectivity index (χ1n) is 5.22. The van der Waals surface area contributed by atoms with Crippen molar-refractivity contribution >= 4 is 28.5 Å². The number of nitrogens with one attached hydrogen (secondary N) is 1. The van der Waals surface area contributed by atoms with Gasteiger partial charge in [0.2, 0.25) is 0 Å². The van der Waals surface area contributed by atoms with Crippen LogP contribution in [0.2, 0.25) is 0 Å². The van der Waals surface area contributed by atoms with E-state index in [9.17, 15) is 0 Å². The number of aromatic amines is 1. The van der Waals surface area contributed by atoms with Gasteiger partial charge in [0.05, 0.1) is 11.0 Å². The highest BCUT2D eigenvalue weighted by Crippen LogP contribution is 2.25. The van der Waals surface area contributed by atoms with Crippen molar-refractivity contribution in [2.45, 2.75) is 23.8 Å². The first-order valence-corrected chi connectivity index (χ1v) is 6.10. The van der Waals surface area contributed by atoms with Crippen molar-refractivity contribution in [2.75, 3.05) is 12.3 Å². The highest BCUT2D eigenvalue weighted by molar-refractivity contribution is 7.99. The highest BCUT2D eigenvalue weighted by Gasteiger charge is 2.08. The highest BCUT2D eigenvalue weighted by atomic mass is 32.2. The van der Waals surface area contributed by atoms with Crippen LogP contribution in [0.25, 0.3) is 11.0 Å². The maximum absolute atomic E-state index is 8.83. The largest absolute Gasteiger partial charge is 0.399 e. The second kappa shape index (κ2) is 4.76. The van der Waals surface area contributed by atoms with Crippen LogP contribution in [0.3, 0.4) is 0 Å². The van der Waals surface area contributed by atoms with Gasteiger partial charge in [-0.3, -0.25) is 0 Å². The standard InChI is InChI=1S/C11H15N3OS/c1-7(4-5-15)16-11-13-9-3-2-8(12)6-10(9)14-11/h2-3,6-7,15H,4-5,12H2,1H3,(H,13,14). The summed E-state index contributed by atoms with van der Waals surface area (Å²) in [6.07, 6.45) is 0.768. The summed E-state index contributed by atoms with van der Waals surface area (Å²) in [6.45, 7) is 2.28. The van der Waals surface area contributed by atoms with Crippen LogP contribution < -0.4 is 5.73 Å². The van der Waals surface area contributed by atoms with Crippen LogP contribution in [-0.2, 0) is 0 Å². The van der Waals surface area contributed by atoms with Gasteiger partial charge in [0.1, 0.15) is 0 Å². The lowest BCUT2D eigenvalue weighted by Crippen LogP contribution is -1.99. The Labute approximate surface area is 98.3 Å². The van der Waals surface area contributed by atoms with E-state index in [0.29, 0.717) is 5.25 Å². The van der Waals surface area contributed by atoms with E-state index < -0.39 is 0 Å². The van der Waals surface area contributed by atoms with Crippen LogP contribution >= 0.6 is 11.8 Å². The molecule has 0 radical (unpaired) electrons. The van der Waals surface area contributed by atoms with E-state index in [-0.39, 0.29) is 6.61 Å². The van der Waals surface area contributed by atoms with Crippen LogP contribution in [0.15, 0.2) is 23.4 Å². The Morgan fingerprint density at radius 3 is 3.12 bits per heavy atom. The predicted octanol–water partition coefficient (Wildman–Crippen LogP) is 2.01. The summed E-state index contributed by atoms with van der Waals surface area (Å²) in [4.78, 5) is 7.66. The Morgan fingerprint density at radius 2 is 2.38 bits per heavy atom. The number of nitrogens with zero attached hydrogens (tertiary/aromatic N) is 1. The number of imidazole rings is 1. The van der Waals surface area contributed by atoms with E-state index in [1.807, 2.05) is 18.2 Å². The van der Waals surface area contributed by atoms with E-state index in [2.05, 4.69) is 16.9 Å². The summed E-state index contributed by atoms with van der Waals surface area (Å²) in [5.41, 5.74) is 8.31. The number of thioether (sulfide) groups is 1. The molecule has 1 aromatic heterocycles. The maximum Gasteiger partial charge on any atom is 0.166 e. The minimum Gasteiger partial charge on any atom is -0.399 e. The van der Waals surface area contributed by atoms with E-state index in [1.165, 1.54) is 0 Å². The van der Waals surface area contributed by atoms with E-state index in [4.69, 9.17) is 10.8 Å². The summed E-state index contributed by atoms with van der Waals surface area (Å²) in [5, 5.41) is 10.1. The van der Waals surface area contributed by atoms with Crippen LogP contribution in [0.4, 0.5) is 5.69 Å². The average molecular weight is 237 g/mol. The quantitative estimate of drug-likeness (QED) is 0.561. The molecule has 1 atom stereocenters. The number of nitrogen functional groups attached to an aromatic ring is 1. The predicted molar refractivity (Wildman–Crippen MR) is 67.5 cm³/mol. The van der Waals surface area contributed by atoms with Crippen molar-refractivity contribution in [1.29, 1.82) is 0 Å². The first-order chi connectivity index (χ1) is 7.69. The number of rotatable bonds is 4. The van der Waals surface area contributed by atoms with Crippen molar-refractivity contribution in [1.82, 2.24) is 9.97 Å². The topological polar surface area (TPSA) is 74.9 Å². The molecule has 0 aliphatic rings. The van der Waals surface area contributed by atoms with Gasteiger partial charge in [-0.25, -0.2) is 4.98 Å². The molecule has 5 heteroatoms. The number of hydrogen-bond acceptors (Lipinski definition) is 4. The number of fused-ring (bicyclic) bond motifs is 1. The third kappa shape index (κ3) is 2.48. The van der Waals surface area contributed by atoms with E-state index >= 15 is 0 Å². The summed E-state index contributed by atoms with van der Waals surface area (Å²) in [6, 6.07) is 5.62. The fraction of sp³-hybridized carbons (Fsp3) is 0.364. The van der Waals surface area contributed by atoms with Crippen molar-refractivity contribution < 1.29 is 5.11 Å². The third-order valence-corrected chi connectivity index (χ3v) is 3.39. The van der Waals surface area contributed by atoms with Gasteiger partial charge in [-0.2, -0.15) is 0 Å². The lowest BCUT2D eigenvalue weighted by atomic mass is 10.3. The molecule has 1 aromatic carbocycles. The molecule has 2 aromatic rings. The summed E-state index contributed by atoms with van der Waals surface area (Å²) in [7, 11) is 0. The van der Waals surface area contributed by atoms with Gasteiger partial charge in [0.25, 0.3) is 0 Å². The molecule has 16 heavy (non-hydrogen) atoms. The van der Waals surface area contributed by atoms with Crippen LogP contribution in [0, 0.1) is 0 Å². The molecule has 1 unspecified atom stereocenters. The third-order valence-electron chi connectivity index (χ3n) is 2.33. The molecular weight excluding hydrogens is 222 g/mol. The molecule has 0 bridgehead atoms. The van der Waals surface area contributed by atoms with E-state index in [1.54, 1.807) is 11.8 Å². The molecule has 4 N–H and O–H groups in total. The Balaban J connectivity index is 2.19. The van der Waals surface area contributed by atoms with Crippen LogP contribution in [0.5, 0.6) is 0 Å². The molecule has 0 aliphatic heterocycles. The number of aliphatic hydroxyl groups excluding tert-OH is 1. The number of nitrogens with two attached hydrogens (primary N) is 1. The lowest BCUT2D eigenvalue weighted by molar-refractivity contribution is 0.289. The van der Waals surface area contributed by atoms with Crippen LogP contribution in [-0.4, -0.2) is 26.9 Å². The Morgan fingerprint density at radius 1 is 1.56 bits per heavy atom. The molecule has 0 fully saturated rings. The first kappa shape index (κ1) is 11.3. The number of aromatic nitrogens is 2. The van der Waals surface area contributed by atoms with Gasteiger partial charge in [-0.15, -0.1) is 0 Å². The lowest BCUT2D eigenvalue weighted by Gasteiger charge is -2.05. The Bertz CT molecular complexity index is 483. The second-order valence-electron chi connectivity index (χ2n) is 3.76. The minimum atomic E-state index is 0.210. The second-order valence-corrected chi connectivity index (χ2v) is 5.19. The maximum atomic E-state index is 8.83. The zero-order valence-electron chi connectivity index (χ0n) is 9.10. The number of anilines is 1.